The van der Waals surface area contributed by atoms with Crippen molar-refractivity contribution >= 4 is 17.9 Å². The van der Waals surface area contributed by atoms with E-state index in [1.807, 2.05) is 10.6 Å². The van der Waals surface area contributed by atoms with Crippen LogP contribution in [0.2, 0.25) is 0 Å². The molecule has 168 valence electrons. The van der Waals surface area contributed by atoms with Gasteiger partial charge in [0.05, 0.1) is 18.1 Å². The molecule has 1 aromatic carbocycles. The molecule has 0 spiro atoms. The Balaban J connectivity index is 1.69. The van der Waals surface area contributed by atoms with Gasteiger partial charge in [0, 0.05) is 42.2 Å². The molecule has 2 heterocycles. The number of rotatable bonds is 8. The highest BCUT2D eigenvalue weighted by atomic mass is 32.1. The van der Waals surface area contributed by atoms with Crippen molar-refractivity contribution in [2.24, 2.45) is 0 Å². The Labute approximate surface area is 186 Å². The molecule has 0 aliphatic heterocycles. The molecule has 0 unspecified atom stereocenters. The van der Waals surface area contributed by atoms with E-state index >= 15 is 0 Å². The van der Waals surface area contributed by atoms with Crippen LogP contribution in [0.1, 0.15) is 24.4 Å². The van der Waals surface area contributed by atoms with Crippen LogP contribution in [0, 0.1) is 14.9 Å². The molecule has 12 heteroatoms. The number of para-hydroxylation sites is 1. The van der Waals surface area contributed by atoms with E-state index in [2.05, 4.69) is 10.1 Å². The second kappa shape index (κ2) is 8.79. The Morgan fingerprint density at radius 2 is 1.97 bits per heavy atom. The number of halogens is 3. The van der Waals surface area contributed by atoms with Crippen LogP contribution in [0.5, 0.6) is 0 Å². The summed E-state index contributed by atoms with van der Waals surface area (Å²) >= 11 is 5.55. The quantitative estimate of drug-likeness (QED) is 0.272. The van der Waals surface area contributed by atoms with Crippen molar-refractivity contribution in [2.75, 3.05) is 6.54 Å². The zero-order valence-electron chi connectivity index (χ0n) is 16.8. The first-order chi connectivity index (χ1) is 15.2. The van der Waals surface area contributed by atoms with Gasteiger partial charge in [0.15, 0.2) is 10.6 Å². The van der Waals surface area contributed by atoms with Crippen molar-refractivity contribution in [3.05, 3.63) is 69.2 Å². The number of nitro benzene ring substituents is 1. The Morgan fingerprint density at radius 1 is 1.22 bits per heavy atom. The summed E-state index contributed by atoms with van der Waals surface area (Å²) in [6.45, 7) is -1.81. The fraction of sp³-hybridized carbons (Fsp3) is 0.350. The summed E-state index contributed by atoms with van der Waals surface area (Å²) in [4.78, 5) is 15.9. The van der Waals surface area contributed by atoms with Crippen molar-refractivity contribution in [1.82, 2.24) is 24.2 Å². The minimum atomic E-state index is -4.50. The standard InChI is InChI=1S/C20H19F3N6O2S/c21-20(22,23)12-26(11-15-4-1-2-6-17(15)29(30)31)13-27-19(32)28(16-7-8-16)18(25-27)14-5-3-9-24-10-14/h1-6,9-10,16H,7-8,11-13H2. The maximum Gasteiger partial charge on any atom is 0.401 e. The highest BCUT2D eigenvalue weighted by molar-refractivity contribution is 7.71. The summed E-state index contributed by atoms with van der Waals surface area (Å²) in [6.07, 6.45) is 0.567. The molecular weight excluding hydrogens is 445 g/mol. The number of aromatic nitrogens is 4. The number of nitrogens with zero attached hydrogens (tertiary/aromatic N) is 6. The first kappa shape index (κ1) is 22.1. The Hall–Kier alpha value is -3.12. The molecule has 1 saturated carbocycles. The average molecular weight is 464 g/mol. The Bertz CT molecular complexity index is 1170. The van der Waals surface area contributed by atoms with E-state index in [4.69, 9.17) is 12.2 Å². The summed E-state index contributed by atoms with van der Waals surface area (Å²) in [5.41, 5.74) is 0.663. The van der Waals surface area contributed by atoms with Crippen molar-refractivity contribution < 1.29 is 18.1 Å². The molecule has 0 amide bonds. The van der Waals surface area contributed by atoms with Crippen molar-refractivity contribution in [3.63, 3.8) is 0 Å². The highest BCUT2D eigenvalue weighted by Gasteiger charge is 2.33. The van der Waals surface area contributed by atoms with Crippen LogP contribution in [0.4, 0.5) is 18.9 Å². The van der Waals surface area contributed by atoms with Gasteiger partial charge in [-0.05, 0) is 37.2 Å². The number of pyridine rings is 1. The third-order valence-electron chi connectivity index (χ3n) is 5.02. The van der Waals surface area contributed by atoms with Gasteiger partial charge in [-0.25, -0.2) is 4.68 Å². The molecule has 1 fully saturated rings. The summed E-state index contributed by atoms with van der Waals surface area (Å²) < 4.78 is 43.4. The van der Waals surface area contributed by atoms with Crippen LogP contribution >= 0.6 is 12.2 Å². The molecule has 32 heavy (non-hydrogen) atoms. The molecule has 0 N–H and O–H groups in total. The van der Waals surface area contributed by atoms with Crippen LogP contribution in [-0.2, 0) is 13.2 Å². The average Bonchev–Trinajstić information content (AvgIpc) is 3.52. The van der Waals surface area contributed by atoms with Gasteiger partial charge in [-0.15, -0.1) is 0 Å². The minimum absolute atomic E-state index is 0.151. The van der Waals surface area contributed by atoms with Gasteiger partial charge in [0.1, 0.15) is 0 Å². The summed E-state index contributed by atoms with van der Waals surface area (Å²) in [7, 11) is 0. The van der Waals surface area contributed by atoms with E-state index in [-0.39, 0.29) is 30.5 Å². The predicted molar refractivity (Wildman–Crippen MR) is 112 cm³/mol. The van der Waals surface area contributed by atoms with E-state index in [1.54, 1.807) is 24.5 Å². The zero-order valence-corrected chi connectivity index (χ0v) is 17.6. The third kappa shape index (κ3) is 5.02. The van der Waals surface area contributed by atoms with Gasteiger partial charge in [0.25, 0.3) is 5.69 Å². The van der Waals surface area contributed by atoms with Gasteiger partial charge < -0.3 is 0 Å². The smallest absolute Gasteiger partial charge is 0.297 e. The van der Waals surface area contributed by atoms with E-state index in [9.17, 15) is 23.3 Å². The van der Waals surface area contributed by atoms with Crippen LogP contribution < -0.4 is 0 Å². The van der Waals surface area contributed by atoms with Gasteiger partial charge in [-0.3, -0.25) is 24.6 Å². The molecule has 0 atom stereocenters. The SMILES string of the molecule is O=[N+]([O-])c1ccccc1CN(Cn1nc(-c2cccnc2)n(C2CC2)c1=S)CC(F)(F)F. The molecule has 0 bridgehead atoms. The third-order valence-corrected chi connectivity index (χ3v) is 5.43. The molecule has 8 nitrogen and oxygen atoms in total. The fourth-order valence-corrected chi connectivity index (χ4v) is 3.86. The maximum absolute atomic E-state index is 13.3. The van der Waals surface area contributed by atoms with Crippen LogP contribution in [0.15, 0.2) is 48.8 Å². The molecular formula is C20H19F3N6O2S. The molecule has 0 saturated heterocycles. The Kier molecular flexibility index (Phi) is 6.07. The maximum atomic E-state index is 13.3. The zero-order chi connectivity index (χ0) is 22.9. The number of alkyl halides is 3. The summed E-state index contributed by atoms with van der Waals surface area (Å²) in [5.74, 6) is 0.545. The second-order valence-corrected chi connectivity index (χ2v) is 7.94. The van der Waals surface area contributed by atoms with Gasteiger partial charge >= 0.3 is 6.18 Å². The minimum Gasteiger partial charge on any atom is -0.297 e. The van der Waals surface area contributed by atoms with Gasteiger partial charge in [-0.2, -0.15) is 18.3 Å². The van der Waals surface area contributed by atoms with Crippen molar-refractivity contribution in [2.45, 2.75) is 38.3 Å². The molecule has 3 aromatic rings. The van der Waals surface area contributed by atoms with Gasteiger partial charge in [-0.1, -0.05) is 18.2 Å². The first-order valence-electron chi connectivity index (χ1n) is 9.84. The molecule has 0 radical (unpaired) electrons. The molecule has 1 aliphatic carbocycles. The fourth-order valence-electron chi connectivity index (χ4n) is 3.53. The van der Waals surface area contributed by atoms with Crippen LogP contribution in [0.25, 0.3) is 11.4 Å². The van der Waals surface area contributed by atoms with Crippen molar-refractivity contribution in [1.29, 1.82) is 0 Å². The first-order valence-corrected chi connectivity index (χ1v) is 10.2. The second-order valence-electron chi connectivity index (χ2n) is 7.58. The van der Waals surface area contributed by atoms with E-state index in [1.165, 1.54) is 22.9 Å². The van der Waals surface area contributed by atoms with Crippen LogP contribution in [0.3, 0.4) is 0 Å². The molecule has 2 aromatic heterocycles. The molecule has 1 aliphatic rings. The largest absolute Gasteiger partial charge is 0.401 e. The van der Waals surface area contributed by atoms with Crippen molar-refractivity contribution in [3.8, 4) is 11.4 Å². The lowest BCUT2D eigenvalue weighted by Gasteiger charge is -2.23. The highest BCUT2D eigenvalue weighted by Crippen LogP contribution is 2.38. The number of hydrogen-bond donors (Lipinski definition) is 0. The number of benzene rings is 1. The van der Waals surface area contributed by atoms with Gasteiger partial charge in [0.2, 0.25) is 0 Å². The topological polar surface area (TPSA) is 82.0 Å². The van der Waals surface area contributed by atoms with E-state index < -0.39 is 17.6 Å². The predicted octanol–water partition coefficient (Wildman–Crippen LogP) is 4.74. The monoisotopic (exact) mass is 464 g/mol. The number of nitro groups is 1. The summed E-state index contributed by atoms with van der Waals surface area (Å²) in [6, 6.07) is 9.47. The normalized spacial score (nSPS) is 14.1. The van der Waals surface area contributed by atoms with E-state index in [0.717, 1.165) is 17.7 Å². The Morgan fingerprint density at radius 3 is 2.59 bits per heavy atom. The number of hydrogen-bond acceptors (Lipinski definition) is 6. The van der Waals surface area contributed by atoms with Crippen LogP contribution in [-0.4, -0.2) is 41.9 Å². The lowest BCUT2D eigenvalue weighted by atomic mass is 10.1. The molecule has 4 rings (SSSR count). The van der Waals surface area contributed by atoms with E-state index in [0.29, 0.717) is 16.2 Å². The lowest BCUT2D eigenvalue weighted by molar-refractivity contribution is -0.385. The lowest BCUT2D eigenvalue weighted by Crippen LogP contribution is -2.35. The summed E-state index contributed by atoms with van der Waals surface area (Å²) in [5, 5.41) is 15.8.